The fraction of sp³-hybridized carbons (Fsp3) is 0.700. The largest absolute Gasteiger partial charge is 0.302 e. The molecule has 0 saturated carbocycles. The Kier molecular flexibility index (Phi) is 3.13. The highest BCUT2D eigenvalue weighted by atomic mass is 32.1. The van der Waals surface area contributed by atoms with Crippen LogP contribution in [-0.4, -0.2) is 28.9 Å². The lowest BCUT2D eigenvalue weighted by Gasteiger charge is -2.41. The molecule has 0 bridgehead atoms. The van der Waals surface area contributed by atoms with Crippen LogP contribution in [0.2, 0.25) is 0 Å². The molecule has 2 amide bonds. The van der Waals surface area contributed by atoms with Gasteiger partial charge >= 0.3 is 0 Å². The SMILES string of the molecule is CC[C@@]1(C(C)C)C(=O)NC(=S)N(C)C1=O. The first kappa shape index (κ1) is 12.1. The van der Waals surface area contributed by atoms with Gasteiger partial charge in [0.25, 0.3) is 0 Å². The van der Waals surface area contributed by atoms with Gasteiger partial charge in [0, 0.05) is 7.05 Å². The van der Waals surface area contributed by atoms with Crippen LogP contribution in [0.1, 0.15) is 27.2 Å². The second-order valence-corrected chi connectivity index (χ2v) is 4.49. The van der Waals surface area contributed by atoms with Crippen molar-refractivity contribution in [3.8, 4) is 0 Å². The van der Waals surface area contributed by atoms with Gasteiger partial charge in [0.15, 0.2) is 5.11 Å². The number of amides is 2. The van der Waals surface area contributed by atoms with E-state index in [-0.39, 0.29) is 22.8 Å². The Bertz CT molecular complexity index is 327. The van der Waals surface area contributed by atoms with Gasteiger partial charge in [0.1, 0.15) is 5.41 Å². The number of carbonyl (C=O) groups excluding carboxylic acids is 2. The maximum Gasteiger partial charge on any atom is 0.244 e. The van der Waals surface area contributed by atoms with Gasteiger partial charge in [0.05, 0.1) is 0 Å². The molecule has 0 unspecified atom stereocenters. The van der Waals surface area contributed by atoms with Crippen molar-refractivity contribution >= 4 is 29.1 Å². The third-order valence-electron chi connectivity index (χ3n) is 3.16. The third kappa shape index (κ3) is 1.55. The van der Waals surface area contributed by atoms with Crippen LogP contribution in [0.5, 0.6) is 0 Å². The molecule has 1 atom stereocenters. The molecule has 1 aliphatic heterocycles. The molecular weight excluding hydrogens is 212 g/mol. The van der Waals surface area contributed by atoms with Gasteiger partial charge in [-0.15, -0.1) is 0 Å². The average Bonchev–Trinajstić information content (AvgIpc) is 2.15. The van der Waals surface area contributed by atoms with E-state index in [0.29, 0.717) is 6.42 Å². The number of hydrogen-bond donors (Lipinski definition) is 1. The van der Waals surface area contributed by atoms with Gasteiger partial charge in [-0.1, -0.05) is 20.8 Å². The van der Waals surface area contributed by atoms with Crippen molar-refractivity contribution in [1.82, 2.24) is 10.2 Å². The summed E-state index contributed by atoms with van der Waals surface area (Å²) in [7, 11) is 1.59. The van der Waals surface area contributed by atoms with Crippen LogP contribution in [0, 0.1) is 11.3 Å². The van der Waals surface area contributed by atoms with E-state index in [1.54, 1.807) is 7.05 Å². The molecule has 84 valence electrons. The topological polar surface area (TPSA) is 49.4 Å². The molecule has 4 nitrogen and oxygen atoms in total. The van der Waals surface area contributed by atoms with Gasteiger partial charge in [-0.05, 0) is 24.6 Å². The summed E-state index contributed by atoms with van der Waals surface area (Å²) in [6.07, 6.45) is 0.488. The molecule has 1 N–H and O–H groups in total. The summed E-state index contributed by atoms with van der Waals surface area (Å²) in [5, 5.41) is 2.77. The smallest absolute Gasteiger partial charge is 0.244 e. The number of nitrogens with zero attached hydrogens (tertiary/aromatic N) is 1. The van der Waals surface area contributed by atoms with Crippen LogP contribution >= 0.6 is 12.2 Å². The molecule has 0 spiro atoms. The van der Waals surface area contributed by atoms with E-state index in [9.17, 15) is 9.59 Å². The van der Waals surface area contributed by atoms with Crippen LogP contribution in [0.4, 0.5) is 0 Å². The lowest BCUT2D eigenvalue weighted by atomic mass is 9.72. The van der Waals surface area contributed by atoms with Crippen molar-refractivity contribution in [2.75, 3.05) is 7.05 Å². The minimum absolute atomic E-state index is 0.0412. The molecule has 0 aromatic carbocycles. The fourth-order valence-corrected chi connectivity index (χ4v) is 2.19. The summed E-state index contributed by atoms with van der Waals surface area (Å²) in [5.74, 6) is -0.512. The minimum atomic E-state index is -0.961. The van der Waals surface area contributed by atoms with Crippen molar-refractivity contribution in [3.05, 3.63) is 0 Å². The van der Waals surface area contributed by atoms with Crippen molar-refractivity contribution in [2.45, 2.75) is 27.2 Å². The molecule has 1 heterocycles. The summed E-state index contributed by atoms with van der Waals surface area (Å²) < 4.78 is 0. The van der Waals surface area contributed by atoms with Crippen LogP contribution in [0.25, 0.3) is 0 Å². The maximum absolute atomic E-state index is 12.1. The van der Waals surface area contributed by atoms with E-state index in [1.807, 2.05) is 20.8 Å². The van der Waals surface area contributed by atoms with E-state index in [4.69, 9.17) is 12.2 Å². The van der Waals surface area contributed by atoms with Crippen LogP contribution in [-0.2, 0) is 9.59 Å². The van der Waals surface area contributed by atoms with E-state index < -0.39 is 5.41 Å². The van der Waals surface area contributed by atoms with Gasteiger partial charge in [-0.3, -0.25) is 14.5 Å². The zero-order chi connectivity index (χ0) is 11.8. The van der Waals surface area contributed by atoms with Gasteiger partial charge in [-0.2, -0.15) is 0 Å². The Morgan fingerprint density at radius 3 is 2.40 bits per heavy atom. The molecule has 1 aliphatic rings. The van der Waals surface area contributed by atoms with Gasteiger partial charge < -0.3 is 5.32 Å². The first-order valence-corrected chi connectivity index (χ1v) is 5.42. The molecule has 5 heteroatoms. The van der Waals surface area contributed by atoms with Gasteiger partial charge in [0.2, 0.25) is 11.8 Å². The molecule has 1 rings (SSSR count). The summed E-state index contributed by atoms with van der Waals surface area (Å²) in [5.41, 5.74) is -0.961. The van der Waals surface area contributed by atoms with Crippen molar-refractivity contribution in [2.24, 2.45) is 11.3 Å². The second kappa shape index (κ2) is 3.89. The number of hydrogen-bond acceptors (Lipinski definition) is 3. The lowest BCUT2D eigenvalue weighted by molar-refractivity contribution is -0.152. The highest BCUT2D eigenvalue weighted by Gasteiger charge is 2.52. The van der Waals surface area contributed by atoms with Crippen molar-refractivity contribution in [1.29, 1.82) is 0 Å². The highest BCUT2D eigenvalue weighted by Crippen LogP contribution is 2.35. The van der Waals surface area contributed by atoms with E-state index in [0.717, 1.165) is 0 Å². The molecule has 1 fully saturated rings. The van der Waals surface area contributed by atoms with Crippen molar-refractivity contribution in [3.63, 3.8) is 0 Å². The second-order valence-electron chi connectivity index (χ2n) is 4.10. The summed E-state index contributed by atoms with van der Waals surface area (Å²) in [6, 6.07) is 0. The molecular formula is C10H16N2O2S. The molecule has 15 heavy (non-hydrogen) atoms. The number of carbonyl (C=O) groups is 2. The highest BCUT2D eigenvalue weighted by molar-refractivity contribution is 7.80. The van der Waals surface area contributed by atoms with E-state index in [1.165, 1.54) is 4.90 Å². The molecule has 0 aromatic heterocycles. The predicted molar refractivity (Wildman–Crippen MR) is 61.1 cm³/mol. The summed E-state index contributed by atoms with van der Waals surface area (Å²) >= 11 is 4.89. The predicted octanol–water partition coefficient (Wildman–Crippen LogP) is 0.912. The third-order valence-corrected chi connectivity index (χ3v) is 3.54. The first-order chi connectivity index (χ1) is 6.87. The maximum atomic E-state index is 12.1. The Labute approximate surface area is 95.0 Å². The van der Waals surface area contributed by atoms with Crippen LogP contribution in [0.15, 0.2) is 0 Å². The normalized spacial score (nSPS) is 27.3. The molecule has 1 saturated heterocycles. The van der Waals surface area contributed by atoms with Crippen molar-refractivity contribution < 1.29 is 9.59 Å². The van der Waals surface area contributed by atoms with Gasteiger partial charge in [-0.25, -0.2) is 0 Å². The average molecular weight is 228 g/mol. The summed E-state index contributed by atoms with van der Waals surface area (Å²) in [4.78, 5) is 25.4. The van der Waals surface area contributed by atoms with E-state index in [2.05, 4.69) is 5.32 Å². The Morgan fingerprint density at radius 1 is 1.47 bits per heavy atom. The minimum Gasteiger partial charge on any atom is -0.302 e. The van der Waals surface area contributed by atoms with Crippen LogP contribution < -0.4 is 5.32 Å². The van der Waals surface area contributed by atoms with E-state index >= 15 is 0 Å². The lowest BCUT2D eigenvalue weighted by Crippen LogP contribution is -2.64. The number of rotatable bonds is 2. The monoisotopic (exact) mass is 228 g/mol. The molecule has 0 aromatic rings. The Morgan fingerprint density at radius 2 is 2.00 bits per heavy atom. The molecule has 0 aliphatic carbocycles. The number of nitrogens with one attached hydrogen (secondary N) is 1. The summed E-state index contributed by atoms with van der Waals surface area (Å²) in [6.45, 7) is 5.60. The Hall–Kier alpha value is -0.970. The Balaban J connectivity index is 3.21. The zero-order valence-corrected chi connectivity index (χ0v) is 10.3. The fourth-order valence-electron chi connectivity index (χ4n) is 2.01. The quantitative estimate of drug-likeness (QED) is 0.564. The van der Waals surface area contributed by atoms with Crippen LogP contribution in [0.3, 0.4) is 0 Å². The number of thiocarbonyl (C=S) groups is 1. The first-order valence-electron chi connectivity index (χ1n) is 5.01. The molecule has 0 radical (unpaired) electrons. The zero-order valence-electron chi connectivity index (χ0n) is 9.46. The standard InChI is InChI=1S/C10H16N2O2S/c1-5-10(6(2)3)7(13)11-9(15)12(4)8(10)14/h6H,5H2,1-4H3,(H,11,13,15)/t10-/m1/s1.